The molecule has 2 aromatic carbocycles. The molecule has 0 saturated carbocycles. The molecule has 2 saturated heterocycles. The number of carbonyl (C=O) groups excluding carboxylic acids is 1. The van der Waals surface area contributed by atoms with E-state index in [2.05, 4.69) is 24.1 Å². The van der Waals surface area contributed by atoms with Gasteiger partial charge in [-0.05, 0) is 69.2 Å². The summed E-state index contributed by atoms with van der Waals surface area (Å²) in [7, 11) is -3.60. The van der Waals surface area contributed by atoms with Gasteiger partial charge in [0, 0.05) is 43.1 Å². The molecule has 0 radical (unpaired) electrons. The Morgan fingerprint density at radius 1 is 0.939 bits per heavy atom. The fraction of sp³-hybridized carbons (Fsp3) is 0.480. The average molecular weight is 472 g/mol. The van der Waals surface area contributed by atoms with Crippen LogP contribution in [0.15, 0.2) is 53.4 Å². The maximum atomic E-state index is 13.1. The van der Waals surface area contributed by atoms with Crippen LogP contribution in [0, 0.1) is 0 Å². The van der Waals surface area contributed by atoms with E-state index in [1.165, 1.54) is 6.07 Å². The molecule has 8 heteroatoms. The average Bonchev–Trinajstić information content (AvgIpc) is 3.09. The van der Waals surface area contributed by atoms with Crippen molar-refractivity contribution >= 4 is 27.3 Å². The van der Waals surface area contributed by atoms with Crippen LogP contribution in [-0.2, 0) is 14.8 Å². The first-order valence-corrected chi connectivity index (χ1v) is 13.2. The van der Waals surface area contributed by atoms with E-state index in [0.29, 0.717) is 24.3 Å². The van der Waals surface area contributed by atoms with Crippen LogP contribution in [0.1, 0.15) is 49.9 Å². The summed E-state index contributed by atoms with van der Waals surface area (Å²) in [6, 6.07) is 14.0. The highest BCUT2D eigenvalue weighted by atomic mass is 32.2. The van der Waals surface area contributed by atoms with E-state index in [4.69, 9.17) is 4.74 Å². The van der Waals surface area contributed by atoms with Crippen LogP contribution in [-0.4, -0.2) is 57.0 Å². The van der Waals surface area contributed by atoms with Crippen molar-refractivity contribution in [1.29, 1.82) is 0 Å². The number of anilines is 2. The number of ether oxygens (including phenoxy) is 1. The lowest BCUT2D eigenvalue weighted by Crippen LogP contribution is -2.45. The number of nitrogens with one attached hydrogen (secondary N) is 1. The lowest BCUT2D eigenvalue weighted by molar-refractivity contribution is -0.00521. The van der Waals surface area contributed by atoms with Crippen molar-refractivity contribution in [3.05, 3.63) is 54.1 Å². The minimum Gasteiger partial charge on any atom is -0.372 e. The number of benzene rings is 2. The molecule has 2 unspecified atom stereocenters. The van der Waals surface area contributed by atoms with E-state index in [9.17, 15) is 13.2 Å². The standard InChI is InChI=1S/C25H33N3O4S/c1-19-17-27(18-20(2)32-19)23-12-10-22(11-13-23)26-25(29)21-8-7-9-24(16-21)33(30,31)28-14-5-3-4-6-15-28/h7-13,16,19-20H,3-6,14-15,17-18H2,1-2H3,(H,26,29). The molecule has 0 spiro atoms. The summed E-state index contributed by atoms with van der Waals surface area (Å²) in [5, 5.41) is 2.88. The number of hydrogen-bond acceptors (Lipinski definition) is 5. The Kier molecular flexibility index (Phi) is 7.36. The normalized spacial score (nSPS) is 22.5. The van der Waals surface area contributed by atoms with Gasteiger partial charge in [0.15, 0.2) is 0 Å². The third-order valence-corrected chi connectivity index (χ3v) is 8.10. The van der Waals surface area contributed by atoms with Crippen LogP contribution in [0.25, 0.3) is 0 Å². The number of morpholine rings is 1. The van der Waals surface area contributed by atoms with Gasteiger partial charge in [0.25, 0.3) is 5.91 Å². The quantitative estimate of drug-likeness (QED) is 0.710. The first-order chi connectivity index (χ1) is 15.8. The first-order valence-electron chi connectivity index (χ1n) is 11.7. The van der Waals surface area contributed by atoms with Crippen LogP contribution >= 0.6 is 0 Å². The van der Waals surface area contributed by atoms with E-state index in [1.807, 2.05) is 24.3 Å². The number of nitrogens with zero attached hydrogens (tertiary/aromatic N) is 2. The molecule has 2 aromatic rings. The Hall–Kier alpha value is -2.42. The molecule has 2 heterocycles. The van der Waals surface area contributed by atoms with Crippen LogP contribution in [0.3, 0.4) is 0 Å². The van der Waals surface area contributed by atoms with Gasteiger partial charge in [0.1, 0.15) is 0 Å². The molecule has 0 bridgehead atoms. The van der Waals surface area contributed by atoms with Gasteiger partial charge in [-0.2, -0.15) is 4.31 Å². The SMILES string of the molecule is CC1CN(c2ccc(NC(=O)c3cccc(S(=O)(=O)N4CCCCCC4)c3)cc2)CC(C)O1. The zero-order chi connectivity index (χ0) is 23.4. The van der Waals surface area contributed by atoms with Crippen LogP contribution in [0.2, 0.25) is 0 Å². The van der Waals surface area contributed by atoms with E-state index in [0.717, 1.165) is 44.5 Å². The monoisotopic (exact) mass is 471 g/mol. The summed E-state index contributed by atoms with van der Waals surface area (Å²) in [6.07, 6.45) is 4.19. The second-order valence-corrected chi connectivity index (χ2v) is 10.9. The van der Waals surface area contributed by atoms with Crippen molar-refractivity contribution in [2.75, 3.05) is 36.4 Å². The molecular formula is C25H33N3O4S. The minimum atomic E-state index is -3.60. The summed E-state index contributed by atoms with van der Waals surface area (Å²) in [5.41, 5.74) is 2.07. The predicted octanol–water partition coefficient (Wildman–Crippen LogP) is 4.12. The molecule has 33 heavy (non-hydrogen) atoms. The summed E-state index contributed by atoms with van der Waals surface area (Å²) in [5.74, 6) is -0.329. The highest BCUT2D eigenvalue weighted by Crippen LogP contribution is 2.24. The number of hydrogen-bond donors (Lipinski definition) is 1. The third kappa shape index (κ3) is 5.75. The molecular weight excluding hydrogens is 438 g/mol. The Balaban J connectivity index is 1.44. The van der Waals surface area contributed by atoms with Crippen molar-refractivity contribution in [1.82, 2.24) is 4.31 Å². The van der Waals surface area contributed by atoms with Crippen LogP contribution < -0.4 is 10.2 Å². The summed E-state index contributed by atoms with van der Waals surface area (Å²) >= 11 is 0. The molecule has 2 fully saturated rings. The summed E-state index contributed by atoms with van der Waals surface area (Å²) in [6.45, 7) is 6.86. The highest BCUT2D eigenvalue weighted by Gasteiger charge is 2.26. The molecule has 1 N–H and O–H groups in total. The maximum absolute atomic E-state index is 13.1. The molecule has 1 amide bonds. The molecule has 2 aliphatic heterocycles. The second-order valence-electron chi connectivity index (χ2n) is 9.01. The lowest BCUT2D eigenvalue weighted by atomic mass is 10.1. The zero-order valence-corrected chi connectivity index (χ0v) is 20.2. The Morgan fingerprint density at radius 2 is 1.58 bits per heavy atom. The first kappa shape index (κ1) is 23.7. The van der Waals surface area contributed by atoms with Gasteiger partial charge < -0.3 is 15.0 Å². The molecule has 0 aliphatic carbocycles. The minimum absolute atomic E-state index is 0.169. The van der Waals surface area contributed by atoms with Crippen molar-refractivity contribution in [2.45, 2.75) is 56.6 Å². The van der Waals surface area contributed by atoms with Gasteiger partial charge in [-0.25, -0.2) is 8.42 Å². The molecule has 0 aromatic heterocycles. The second kappa shape index (κ2) is 10.2. The topological polar surface area (TPSA) is 79.0 Å². The van der Waals surface area contributed by atoms with Gasteiger partial charge in [0.2, 0.25) is 10.0 Å². The van der Waals surface area contributed by atoms with Gasteiger partial charge >= 0.3 is 0 Å². The number of sulfonamides is 1. The highest BCUT2D eigenvalue weighted by molar-refractivity contribution is 7.89. The van der Waals surface area contributed by atoms with E-state index < -0.39 is 10.0 Å². The molecule has 178 valence electrons. The lowest BCUT2D eigenvalue weighted by Gasteiger charge is -2.36. The van der Waals surface area contributed by atoms with E-state index >= 15 is 0 Å². The van der Waals surface area contributed by atoms with Crippen molar-refractivity contribution in [3.63, 3.8) is 0 Å². The fourth-order valence-electron chi connectivity index (χ4n) is 4.58. The Morgan fingerprint density at radius 3 is 2.21 bits per heavy atom. The summed E-state index contributed by atoms with van der Waals surface area (Å²) < 4.78 is 33.5. The smallest absolute Gasteiger partial charge is 0.255 e. The Labute approximate surface area is 196 Å². The maximum Gasteiger partial charge on any atom is 0.255 e. The molecule has 4 rings (SSSR count). The predicted molar refractivity (Wildman–Crippen MR) is 130 cm³/mol. The zero-order valence-electron chi connectivity index (χ0n) is 19.4. The van der Waals surface area contributed by atoms with Gasteiger partial charge in [-0.1, -0.05) is 18.9 Å². The van der Waals surface area contributed by atoms with Crippen molar-refractivity contribution in [2.24, 2.45) is 0 Å². The van der Waals surface area contributed by atoms with E-state index in [-0.39, 0.29) is 23.0 Å². The largest absolute Gasteiger partial charge is 0.372 e. The van der Waals surface area contributed by atoms with Gasteiger partial charge in [-0.3, -0.25) is 4.79 Å². The third-order valence-electron chi connectivity index (χ3n) is 6.21. The molecule has 2 atom stereocenters. The van der Waals surface area contributed by atoms with Crippen LogP contribution in [0.4, 0.5) is 11.4 Å². The van der Waals surface area contributed by atoms with Gasteiger partial charge in [0.05, 0.1) is 17.1 Å². The van der Waals surface area contributed by atoms with Crippen molar-refractivity contribution < 1.29 is 17.9 Å². The summed E-state index contributed by atoms with van der Waals surface area (Å²) in [4.78, 5) is 15.3. The van der Waals surface area contributed by atoms with Gasteiger partial charge in [-0.15, -0.1) is 0 Å². The molecule has 2 aliphatic rings. The Bertz CT molecular complexity index is 1050. The number of amides is 1. The van der Waals surface area contributed by atoms with Crippen LogP contribution in [0.5, 0.6) is 0 Å². The van der Waals surface area contributed by atoms with E-state index in [1.54, 1.807) is 22.5 Å². The number of carbonyl (C=O) groups is 1. The van der Waals surface area contributed by atoms with Crippen molar-refractivity contribution in [3.8, 4) is 0 Å². The number of rotatable bonds is 5. The fourth-order valence-corrected chi connectivity index (χ4v) is 6.14. The molecule has 7 nitrogen and oxygen atoms in total.